The molecule has 0 unspecified atom stereocenters. The van der Waals surface area contributed by atoms with Crippen LogP contribution in [0.2, 0.25) is 0 Å². The molecule has 0 aliphatic carbocycles. The molecule has 194 valence electrons. The van der Waals surface area contributed by atoms with Gasteiger partial charge < -0.3 is 10.4 Å². The van der Waals surface area contributed by atoms with Gasteiger partial charge in [0.25, 0.3) is 5.95 Å². The minimum atomic E-state index is -0.567. The summed E-state index contributed by atoms with van der Waals surface area (Å²) in [5, 5.41) is 18.1. The molecular weight excluding hydrogens is 495 g/mol. The highest BCUT2D eigenvalue weighted by Crippen LogP contribution is 2.26. The van der Waals surface area contributed by atoms with Crippen LogP contribution in [-0.4, -0.2) is 31.3 Å². The van der Waals surface area contributed by atoms with E-state index in [4.69, 9.17) is 5.84 Å². The van der Waals surface area contributed by atoms with E-state index in [1.165, 1.54) is 6.21 Å². The molecular formula is C29H25FN8O. The third-order valence-corrected chi connectivity index (χ3v) is 5.84. The Kier molecular flexibility index (Phi) is 7.46. The Morgan fingerprint density at radius 3 is 2.49 bits per heavy atom. The van der Waals surface area contributed by atoms with Crippen LogP contribution in [0, 0.1) is 5.82 Å². The van der Waals surface area contributed by atoms with E-state index in [9.17, 15) is 9.50 Å². The van der Waals surface area contributed by atoms with Crippen LogP contribution >= 0.6 is 0 Å². The van der Waals surface area contributed by atoms with E-state index in [1.54, 1.807) is 42.7 Å². The van der Waals surface area contributed by atoms with Gasteiger partial charge in [0.1, 0.15) is 11.4 Å². The van der Waals surface area contributed by atoms with Gasteiger partial charge in [0.05, 0.1) is 30.0 Å². The normalized spacial score (nSPS) is 11.1. The lowest BCUT2D eigenvalue weighted by Crippen LogP contribution is -2.27. The average Bonchev–Trinajstić information content (AvgIpc) is 2.97. The van der Waals surface area contributed by atoms with Gasteiger partial charge in [-0.05, 0) is 66.1 Å². The van der Waals surface area contributed by atoms with Gasteiger partial charge in [0, 0.05) is 23.1 Å². The standard InChI is InChI=1S/C29H25FN8O/c1-2-22-14-21(12-13-32-22)28-27(30)18-34-29(37-28)38(31)35-17-24-10-11-25(16-33-24)36-23-8-6-19(7-9-23)20-4-3-5-26(39)15-20/h3-18,36,39H,2,31H2,1H3/b35-17+. The Balaban J connectivity index is 1.24. The van der Waals surface area contributed by atoms with Crippen LogP contribution in [0.1, 0.15) is 18.3 Å². The highest BCUT2D eigenvalue weighted by Gasteiger charge is 2.13. The number of rotatable bonds is 8. The van der Waals surface area contributed by atoms with Crippen LogP contribution < -0.4 is 16.3 Å². The van der Waals surface area contributed by atoms with Crippen LogP contribution in [0.4, 0.5) is 21.7 Å². The summed E-state index contributed by atoms with van der Waals surface area (Å²) in [6, 6.07) is 22.1. The summed E-state index contributed by atoms with van der Waals surface area (Å²) in [6.07, 6.45) is 6.53. The SMILES string of the molecule is CCc1cc(-c2nc(N(N)/N=C/c3ccc(Nc4ccc(-c5cccc(O)c5)cc4)cn3)ncc2F)ccn1. The first kappa shape index (κ1) is 25.4. The van der Waals surface area contributed by atoms with Gasteiger partial charge in [-0.1, -0.05) is 31.2 Å². The maximum Gasteiger partial charge on any atom is 0.262 e. The van der Waals surface area contributed by atoms with Crippen molar-refractivity contribution in [2.45, 2.75) is 13.3 Å². The van der Waals surface area contributed by atoms with Crippen molar-refractivity contribution >= 4 is 23.5 Å². The number of nitrogens with two attached hydrogens (primary N) is 1. The van der Waals surface area contributed by atoms with Crippen LogP contribution in [0.15, 0.2) is 96.5 Å². The molecule has 0 saturated heterocycles. The number of pyridine rings is 2. The smallest absolute Gasteiger partial charge is 0.262 e. The lowest BCUT2D eigenvalue weighted by Gasteiger charge is -2.12. The minimum absolute atomic E-state index is 0.0324. The maximum atomic E-state index is 14.4. The third-order valence-electron chi connectivity index (χ3n) is 5.84. The number of hydrogen-bond donors (Lipinski definition) is 3. The third kappa shape index (κ3) is 6.20. The van der Waals surface area contributed by atoms with Gasteiger partial charge in [-0.25, -0.2) is 20.2 Å². The molecule has 39 heavy (non-hydrogen) atoms. The van der Waals surface area contributed by atoms with Gasteiger partial charge in [-0.2, -0.15) is 10.2 Å². The molecule has 0 radical (unpaired) electrons. The number of nitrogens with one attached hydrogen (secondary N) is 1. The molecule has 0 fully saturated rings. The number of aromatic nitrogens is 4. The number of anilines is 3. The van der Waals surface area contributed by atoms with Crippen molar-refractivity contribution in [2.75, 3.05) is 10.4 Å². The molecule has 4 N–H and O–H groups in total. The van der Waals surface area contributed by atoms with Crippen molar-refractivity contribution in [3.63, 3.8) is 0 Å². The number of phenolic OH excluding ortho intramolecular Hbond substituents is 1. The fraction of sp³-hybridized carbons (Fsp3) is 0.0690. The molecule has 0 spiro atoms. The number of hydrazine groups is 1. The maximum absolute atomic E-state index is 14.4. The molecule has 3 aromatic heterocycles. The molecule has 3 heterocycles. The van der Waals surface area contributed by atoms with Gasteiger partial charge in [-0.15, -0.1) is 0 Å². The fourth-order valence-electron chi connectivity index (χ4n) is 3.82. The molecule has 0 aliphatic heterocycles. The lowest BCUT2D eigenvalue weighted by atomic mass is 10.1. The molecule has 0 atom stereocenters. The Morgan fingerprint density at radius 2 is 1.74 bits per heavy atom. The van der Waals surface area contributed by atoms with Gasteiger partial charge in [-0.3, -0.25) is 9.97 Å². The first-order valence-corrected chi connectivity index (χ1v) is 12.2. The van der Waals surface area contributed by atoms with Crippen molar-refractivity contribution in [3.8, 4) is 28.1 Å². The van der Waals surface area contributed by atoms with Crippen LogP contribution in [-0.2, 0) is 6.42 Å². The van der Waals surface area contributed by atoms with Crippen LogP contribution in [0.25, 0.3) is 22.4 Å². The van der Waals surface area contributed by atoms with E-state index in [0.717, 1.165) is 39.5 Å². The minimum Gasteiger partial charge on any atom is -0.508 e. The van der Waals surface area contributed by atoms with E-state index >= 15 is 0 Å². The van der Waals surface area contributed by atoms with Crippen molar-refractivity contribution in [2.24, 2.45) is 10.9 Å². The average molecular weight is 521 g/mol. The van der Waals surface area contributed by atoms with Crippen LogP contribution in [0.5, 0.6) is 5.75 Å². The van der Waals surface area contributed by atoms with Gasteiger partial charge >= 0.3 is 0 Å². The predicted molar refractivity (Wildman–Crippen MR) is 150 cm³/mol. The van der Waals surface area contributed by atoms with Crippen LogP contribution in [0.3, 0.4) is 0 Å². The number of aryl methyl sites for hydroxylation is 1. The molecule has 0 aliphatic rings. The summed E-state index contributed by atoms with van der Waals surface area (Å²) >= 11 is 0. The second kappa shape index (κ2) is 11.4. The van der Waals surface area contributed by atoms with Gasteiger partial charge in [0.15, 0.2) is 5.82 Å². The van der Waals surface area contributed by atoms with E-state index in [2.05, 4.69) is 30.4 Å². The van der Waals surface area contributed by atoms with E-state index in [0.29, 0.717) is 17.7 Å². The largest absolute Gasteiger partial charge is 0.508 e. The number of nitrogens with zero attached hydrogens (tertiary/aromatic N) is 6. The summed E-state index contributed by atoms with van der Waals surface area (Å²) in [6.45, 7) is 1.97. The van der Waals surface area contributed by atoms with Crippen molar-refractivity contribution in [1.29, 1.82) is 0 Å². The van der Waals surface area contributed by atoms with Crippen molar-refractivity contribution in [3.05, 3.63) is 109 Å². The summed E-state index contributed by atoms with van der Waals surface area (Å²) < 4.78 is 14.4. The number of hydrazone groups is 1. The quantitative estimate of drug-likeness (QED) is 0.140. The molecule has 10 heteroatoms. The Hall–Kier alpha value is -5.22. The number of benzene rings is 2. The van der Waals surface area contributed by atoms with Crippen molar-refractivity contribution in [1.82, 2.24) is 19.9 Å². The van der Waals surface area contributed by atoms with E-state index < -0.39 is 5.82 Å². The zero-order valence-corrected chi connectivity index (χ0v) is 21.0. The van der Waals surface area contributed by atoms with E-state index in [1.807, 2.05) is 49.4 Å². The fourth-order valence-corrected chi connectivity index (χ4v) is 3.82. The summed E-state index contributed by atoms with van der Waals surface area (Å²) in [4.78, 5) is 16.8. The highest BCUT2D eigenvalue weighted by atomic mass is 19.1. The Labute approximate surface area is 224 Å². The molecule has 0 bridgehead atoms. The van der Waals surface area contributed by atoms with Gasteiger partial charge in [0.2, 0.25) is 0 Å². The van der Waals surface area contributed by atoms with Crippen molar-refractivity contribution < 1.29 is 9.50 Å². The number of halogens is 1. The summed E-state index contributed by atoms with van der Waals surface area (Å²) in [5.41, 5.74) is 5.69. The summed E-state index contributed by atoms with van der Waals surface area (Å²) in [5.74, 6) is 5.71. The topological polar surface area (TPSA) is 125 Å². The number of aromatic hydroxyl groups is 1. The highest BCUT2D eigenvalue weighted by molar-refractivity contribution is 5.78. The number of hydrogen-bond acceptors (Lipinski definition) is 9. The lowest BCUT2D eigenvalue weighted by molar-refractivity contribution is 0.475. The van der Waals surface area contributed by atoms with E-state index in [-0.39, 0.29) is 17.4 Å². The molecule has 5 rings (SSSR count). The molecule has 5 aromatic rings. The zero-order valence-electron chi connectivity index (χ0n) is 21.0. The Bertz CT molecular complexity index is 1610. The second-order valence-corrected chi connectivity index (χ2v) is 8.57. The molecule has 0 saturated carbocycles. The molecule has 9 nitrogen and oxygen atoms in total. The zero-order chi connectivity index (χ0) is 27.2. The molecule has 0 amide bonds. The monoisotopic (exact) mass is 520 g/mol. The summed E-state index contributed by atoms with van der Waals surface area (Å²) in [7, 11) is 0. The predicted octanol–water partition coefficient (Wildman–Crippen LogP) is 5.47. The second-order valence-electron chi connectivity index (χ2n) is 8.57. The number of phenols is 1. The first-order chi connectivity index (χ1) is 19.0. The first-order valence-electron chi connectivity index (χ1n) is 12.2. The Morgan fingerprint density at radius 1 is 0.923 bits per heavy atom. The molecule has 2 aromatic carbocycles.